The number of quaternary nitrogens is 1. The molecule has 0 spiro atoms. The number of amides is 1. The highest BCUT2D eigenvalue weighted by atomic mass is 79.9. The third-order valence-electron chi connectivity index (χ3n) is 3.57. The zero-order chi connectivity index (χ0) is 16.7. The summed E-state index contributed by atoms with van der Waals surface area (Å²) in [7, 11) is 0. The highest BCUT2D eigenvalue weighted by Crippen LogP contribution is 2.21. The van der Waals surface area contributed by atoms with E-state index in [4.69, 9.17) is 0 Å². The Kier molecular flexibility index (Phi) is 7.02. The molecule has 122 valence electrons. The van der Waals surface area contributed by atoms with Crippen LogP contribution in [0.2, 0.25) is 0 Å². The molecule has 0 saturated carbocycles. The van der Waals surface area contributed by atoms with Crippen LogP contribution in [0.15, 0.2) is 58.9 Å². The highest BCUT2D eigenvalue weighted by Gasteiger charge is 2.17. The van der Waals surface area contributed by atoms with E-state index in [0.29, 0.717) is 6.54 Å². The lowest BCUT2D eigenvalue weighted by Crippen LogP contribution is -3.11. The normalized spacial score (nSPS) is 13.3. The van der Waals surface area contributed by atoms with Crippen molar-refractivity contribution >= 4 is 33.2 Å². The van der Waals surface area contributed by atoms with E-state index in [0.717, 1.165) is 22.4 Å². The largest absolute Gasteiger partial charge is 0.345 e. The Morgan fingerprint density at radius 2 is 2.09 bits per heavy atom. The first-order chi connectivity index (χ1) is 11.1. The molecule has 0 aliphatic heterocycles. The predicted molar refractivity (Wildman–Crippen MR) is 99.6 cm³/mol. The number of carbonyl (C=O) groups excluding carboxylic acids is 1. The van der Waals surface area contributed by atoms with Crippen LogP contribution >= 0.6 is 27.3 Å². The van der Waals surface area contributed by atoms with Gasteiger partial charge in [0, 0.05) is 0 Å². The number of hydrogen-bond acceptors (Lipinski definition) is 2. The first-order valence-corrected chi connectivity index (χ1v) is 9.22. The van der Waals surface area contributed by atoms with E-state index in [9.17, 15) is 4.79 Å². The van der Waals surface area contributed by atoms with Crippen molar-refractivity contribution in [3.8, 4) is 0 Å². The molecule has 0 aliphatic carbocycles. The highest BCUT2D eigenvalue weighted by molar-refractivity contribution is 9.11. The summed E-state index contributed by atoms with van der Waals surface area (Å²) in [5.74, 6) is 0.0637. The quantitative estimate of drug-likeness (QED) is 0.664. The average molecular weight is 394 g/mol. The first-order valence-electron chi connectivity index (χ1n) is 7.61. The Hall–Kier alpha value is -1.43. The van der Waals surface area contributed by atoms with Crippen molar-refractivity contribution < 1.29 is 9.69 Å². The molecular formula is C18H22BrN2OS+. The molecule has 2 atom stereocenters. The minimum atomic E-state index is 0.0181. The van der Waals surface area contributed by atoms with Gasteiger partial charge in [-0.25, -0.2) is 0 Å². The molecule has 2 aromatic rings. The van der Waals surface area contributed by atoms with Crippen molar-refractivity contribution in [2.45, 2.75) is 19.5 Å². The molecule has 2 rings (SSSR count). The molecule has 0 saturated heterocycles. The number of nitrogens with one attached hydrogen (secondary N) is 2. The molecule has 0 radical (unpaired) electrons. The molecule has 1 unspecified atom stereocenters. The van der Waals surface area contributed by atoms with Crippen LogP contribution in [-0.2, 0) is 11.3 Å². The second kappa shape index (κ2) is 9.01. The molecule has 3 nitrogen and oxygen atoms in total. The van der Waals surface area contributed by atoms with Crippen molar-refractivity contribution in [2.24, 2.45) is 0 Å². The van der Waals surface area contributed by atoms with E-state index in [1.165, 1.54) is 9.78 Å². The van der Waals surface area contributed by atoms with Gasteiger partial charge < -0.3 is 10.2 Å². The number of rotatable bonds is 8. The summed E-state index contributed by atoms with van der Waals surface area (Å²) in [5, 5.41) is 3.08. The molecule has 1 heterocycles. The molecule has 1 aromatic carbocycles. The van der Waals surface area contributed by atoms with Crippen molar-refractivity contribution in [2.75, 3.05) is 13.1 Å². The molecule has 23 heavy (non-hydrogen) atoms. The van der Waals surface area contributed by atoms with Gasteiger partial charge in [-0.15, -0.1) is 11.3 Å². The van der Waals surface area contributed by atoms with Gasteiger partial charge in [-0.1, -0.05) is 36.9 Å². The Balaban J connectivity index is 1.91. The lowest BCUT2D eigenvalue weighted by Gasteiger charge is -2.19. The van der Waals surface area contributed by atoms with Crippen LogP contribution < -0.4 is 10.2 Å². The topological polar surface area (TPSA) is 33.5 Å². The molecular weight excluding hydrogens is 372 g/mol. The van der Waals surface area contributed by atoms with E-state index in [-0.39, 0.29) is 11.9 Å². The van der Waals surface area contributed by atoms with Crippen molar-refractivity contribution in [3.63, 3.8) is 0 Å². The molecule has 1 aromatic heterocycles. The van der Waals surface area contributed by atoms with Gasteiger partial charge in [-0.3, -0.25) is 4.79 Å². The van der Waals surface area contributed by atoms with E-state index in [1.54, 1.807) is 11.3 Å². The smallest absolute Gasteiger partial charge is 0.275 e. The summed E-state index contributed by atoms with van der Waals surface area (Å²) in [6.07, 6.45) is 1.87. The SMILES string of the molecule is C=CC[NH+](CC(=O)N[C@@H](C)c1ccccc1)Cc1ccc(Br)s1. The van der Waals surface area contributed by atoms with Crippen LogP contribution in [-0.4, -0.2) is 19.0 Å². The minimum Gasteiger partial charge on any atom is -0.345 e. The van der Waals surface area contributed by atoms with Gasteiger partial charge in [0.2, 0.25) is 0 Å². The van der Waals surface area contributed by atoms with Crippen LogP contribution in [0.5, 0.6) is 0 Å². The summed E-state index contributed by atoms with van der Waals surface area (Å²) >= 11 is 5.19. The first kappa shape index (κ1) is 17.9. The van der Waals surface area contributed by atoms with Gasteiger partial charge in [0.25, 0.3) is 5.91 Å². The van der Waals surface area contributed by atoms with Crippen molar-refractivity contribution in [3.05, 3.63) is 69.3 Å². The number of carbonyl (C=O) groups is 1. The third-order valence-corrected chi connectivity index (χ3v) is 5.20. The number of halogens is 1. The van der Waals surface area contributed by atoms with Crippen LogP contribution in [0.3, 0.4) is 0 Å². The maximum atomic E-state index is 12.3. The molecule has 1 amide bonds. The fourth-order valence-electron chi connectivity index (χ4n) is 2.45. The van der Waals surface area contributed by atoms with E-state index in [1.807, 2.05) is 49.4 Å². The Morgan fingerprint density at radius 1 is 1.35 bits per heavy atom. The monoisotopic (exact) mass is 393 g/mol. The van der Waals surface area contributed by atoms with Gasteiger partial charge in [-0.2, -0.15) is 0 Å². The van der Waals surface area contributed by atoms with Crippen LogP contribution in [0.1, 0.15) is 23.4 Å². The van der Waals surface area contributed by atoms with Crippen molar-refractivity contribution in [1.29, 1.82) is 0 Å². The summed E-state index contributed by atoms with van der Waals surface area (Å²) in [6.45, 7) is 7.85. The van der Waals surface area contributed by atoms with E-state index in [2.05, 4.69) is 33.9 Å². The summed E-state index contributed by atoms with van der Waals surface area (Å²) in [4.78, 5) is 14.8. The second-order valence-corrected chi connectivity index (χ2v) is 8.05. The molecule has 5 heteroatoms. The van der Waals surface area contributed by atoms with Gasteiger partial charge in [0.05, 0.1) is 21.3 Å². The lowest BCUT2D eigenvalue weighted by molar-refractivity contribution is -0.899. The zero-order valence-electron chi connectivity index (χ0n) is 13.2. The minimum absolute atomic E-state index is 0.0181. The zero-order valence-corrected chi connectivity index (χ0v) is 15.6. The van der Waals surface area contributed by atoms with E-state index < -0.39 is 0 Å². The number of hydrogen-bond donors (Lipinski definition) is 2. The predicted octanol–water partition coefficient (Wildman–Crippen LogP) is 2.96. The van der Waals surface area contributed by atoms with Gasteiger partial charge in [0.1, 0.15) is 6.54 Å². The lowest BCUT2D eigenvalue weighted by atomic mass is 10.1. The standard InChI is InChI=1S/C18H21BrN2OS/c1-3-11-21(12-16-9-10-17(19)23-16)13-18(22)20-14(2)15-7-5-4-6-8-15/h3-10,14H,1,11-13H2,2H3,(H,20,22)/p+1/t14-/m0/s1. The van der Waals surface area contributed by atoms with Gasteiger partial charge in [0.15, 0.2) is 6.54 Å². The average Bonchev–Trinajstić information content (AvgIpc) is 2.93. The fraction of sp³-hybridized carbons (Fsp3) is 0.278. The molecule has 0 aliphatic rings. The Morgan fingerprint density at radius 3 is 2.70 bits per heavy atom. The summed E-state index contributed by atoms with van der Waals surface area (Å²) < 4.78 is 1.12. The van der Waals surface area contributed by atoms with Gasteiger partial charge in [-0.05, 0) is 46.6 Å². The van der Waals surface area contributed by atoms with Crippen molar-refractivity contribution in [1.82, 2.24) is 5.32 Å². The maximum Gasteiger partial charge on any atom is 0.275 e. The second-order valence-electron chi connectivity index (χ2n) is 5.50. The maximum absolute atomic E-state index is 12.3. The Labute approximate surface area is 150 Å². The van der Waals surface area contributed by atoms with E-state index >= 15 is 0 Å². The van der Waals surface area contributed by atoms with Gasteiger partial charge >= 0.3 is 0 Å². The molecule has 0 bridgehead atoms. The van der Waals surface area contributed by atoms with Crippen LogP contribution in [0.4, 0.5) is 0 Å². The molecule has 2 N–H and O–H groups in total. The third kappa shape index (κ3) is 5.94. The number of thiophene rings is 1. The summed E-state index contributed by atoms with van der Waals surface area (Å²) in [6, 6.07) is 14.2. The Bertz CT molecular complexity index is 641. The van der Waals surface area contributed by atoms with Crippen LogP contribution in [0.25, 0.3) is 0 Å². The number of benzene rings is 1. The fourth-order valence-corrected chi connectivity index (χ4v) is 4.00. The summed E-state index contributed by atoms with van der Waals surface area (Å²) in [5.41, 5.74) is 1.12. The van der Waals surface area contributed by atoms with Crippen LogP contribution in [0, 0.1) is 0 Å². The molecule has 0 fully saturated rings.